The van der Waals surface area contributed by atoms with Gasteiger partial charge in [0.2, 0.25) is 5.91 Å². The highest BCUT2D eigenvalue weighted by Crippen LogP contribution is 2.29. The first kappa shape index (κ1) is 24.5. The van der Waals surface area contributed by atoms with E-state index in [4.69, 9.17) is 9.47 Å². The number of esters is 1. The molecule has 0 fully saturated rings. The van der Waals surface area contributed by atoms with Crippen LogP contribution < -0.4 is 9.64 Å². The maximum Gasteiger partial charge on any atom is 0.344 e. The van der Waals surface area contributed by atoms with Gasteiger partial charge in [0.05, 0.1) is 11.4 Å². The highest BCUT2D eigenvalue weighted by molar-refractivity contribution is 7.14. The van der Waals surface area contributed by atoms with Gasteiger partial charge in [0.15, 0.2) is 11.7 Å². The second-order valence-corrected chi connectivity index (χ2v) is 9.56. The SMILES string of the molecule is CCc1ccc(N(C(C)=O)c2nc(COC(=O)COc3ccc(C(C)(C)C)cc3)cs2)cc1. The van der Waals surface area contributed by atoms with Crippen molar-refractivity contribution in [1.29, 1.82) is 0 Å². The van der Waals surface area contributed by atoms with Gasteiger partial charge >= 0.3 is 5.97 Å². The molecule has 0 saturated heterocycles. The Labute approximate surface area is 199 Å². The van der Waals surface area contributed by atoms with E-state index in [1.807, 2.05) is 48.5 Å². The molecule has 0 spiro atoms. The average molecular weight is 467 g/mol. The van der Waals surface area contributed by atoms with Gasteiger partial charge in [-0.1, -0.05) is 52.0 Å². The van der Waals surface area contributed by atoms with Crippen LogP contribution in [-0.2, 0) is 32.8 Å². The number of rotatable bonds is 8. The van der Waals surface area contributed by atoms with Gasteiger partial charge in [-0.05, 0) is 47.2 Å². The largest absolute Gasteiger partial charge is 0.482 e. The Bertz CT molecular complexity index is 1080. The summed E-state index contributed by atoms with van der Waals surface area (Å²) >= 11 is 1.33. The Morgan fingerprint density at radius 3 is 2.27 bits per heavy atom. The second-order valence-electron chi connectivity index (χ2n) is 8.72. The van der Waals surface area contributed by atoms with Gasteiger partial charge in [-0.25, -0.2) is 9.78 Å². The maximum atomic E-state index is 12.3. The minimum Gasteiger partial charge on any atom is -0.482 e. The summed E-state index contributed by atoms with van der Waals surface area (Å²) < 4.78 is 10.8. The van der Waals surface area contributed by atoms with Crippen molar-refractivity contribution in [2.75, 3.05) is 11.5 Å². The molecule has 0 N–H and O–H groups in total. The highest BCUT2D eigenvalue weighted by Gasteiger charge is 2.18. The number of carbonyl (C=O) groups is 2. The Morgan fingerprint density at radius 2 is 1.70 bits per heavy atom. The van der Waals surface area contributed by atoms with E-state index in [9.17, 15) is 9.59 Å². The van der Waals surface area contributed by atoms with E-state index in [0.29, 0.717) is 16.6 Å². The van der Waals surface area contributed by atoms with Crippen LogP contribution in [0.1, 0.15) is 51.4 Å². The molecule has 3 rings (SSSR count). The lowest BCUT2D eigenvalue weighted by atomic mass is 9.87. The van der Waals surface area contributed by atoms with E-state index in [1.165, 1.54) is 29.4 Å². The Balaban J connectivity index is 1.55. The van der Waals surface area contributed by atoms with Crippen LogP contribution in [0.5, 0.6) is 5.75 Å². The summed E-state index contributed by atoms with van der Waals surface area (Å²) in [5, 5.41) is 2.32. The third-order valence-electron chi connectivity index (χ3n) is 5.11. The number of aryl methyl sites for hydroxylation is 1. The zero-order valence-corrected chi connectivity index (χ0v) is 20.6. The van der Waals surface area contributed by atoms with Gasteiger partial charge in [-0.3, -0.25) is 9.69 Å². The molecule has 2 aromatic carbocycles. The molecular formula is C26H30N2O4S. The average Bonchev–Trinajstić information content (AvgIpc) is 3.24. The molecule has 0 radical (unpaired) electrons. The Kier molecular flexibility index (Phi) is 7.87. The molecule has 1 heterocycles. The molecule has 3 aromatic rings. The normalized spacial score (nSPS) is 11.2. The molecule has 6 nitrogen and oxygen atoms in total. The van der Waals surface area contributed by atoms with Crippen molar-refractivity contribution in [1.82, 2.24) is 4.98 Å². The predicted octanol–water partition coefficient (Wildman–Crippen LogP) is 5.81. The summed E-state index contributed by atoms with van der Waals surface area (Å²) in [6.07, 6.45) is 0.930. The molecule has 0 unspecified atom stereocenters. The number of hydrogen-bond donors (Lipinski definition) is 0. The van der Waals surface area contributed by atoms with Crippen LogP contribution >= 0.6 is 11.3 Å². The summed E-state index contributed by atoms with van der Waals surface area (Å²) in [5.74, 6) is -0.00636. The first-order chi connectivity index (χ1) is 15.7. The van der Waals surface area contributed by atoms with E-state index < -0.39 is 5.97 Å². The molecule has 0 aliphatic heterocycles. The Morgan fingerprint density at radius 1 is 1.03 bits per heavy atom. The summed E-state index contributed by atoms with van der Waals surface area (Å²) in [7, 11) is 0. The quantitative estimate of drug-likeness (QED) is 0.392. The van der Waals surface area contributed by atoms with Crippen molar-refractivity contribution in [2.24, 2.45) is 0 Å². The zero-order valence-electron chi connectivity index (χ0n) is 19.8. The van der Waals surface area contributed by atoms with E-state index in [2.05, 4.69) is 32.7 Å². The lowest BCUT2D eigenvalue weighted by molar-refractivity contribution is -0.147. The fourth-order valence-corrected chi connectivity index (χ4v) is 4.03. The number of amides is 1. The van der Waals surface area contributed by atoms with Crippen molar-refractivity contribution < 1.29 is 19.1 Å². The molecular weight excluding hydrogens is 436 g/mol. The fourth-order valence-electron chi connectivity index (χ4n) is 3.16. The van der Waals surface area contributed by atoms with Crippen LogP contribution in [0.4, 0.5) is 10.8 Å². The maximum absolute atomic E-state index is 12.3. The lowest BCUT2D eigenvalue weighted by Gasteiger charge is -2.19. The van der Waals surface area contributed by atoms with Gasteiger partial charge < -0.3 is 9.47 Å². The van der Waals surface area contributed by atoms with Crippen molar-refractivity contribution in [3.63, 3.8) is 0 Å². The number of ether oxygens (including phenoxy) is 2. The van der Waals surface area contributed by atoms with Gasteiger partial charge in [0, 0.05) is 12.3 Å². The standard InChI is InChI=1S/C26H30N2O4S/c1-6-19-7-11-22(12-8-19)28(18(2)29)25-27-21(17-33-25)15-32-24(30)16-31-23-13-9-20(10-14-23)26(3,4)5/h7-14,17H,6,15-16H2,1-5H3. The third-order valence-corrected chi connectivity index (χ3v) is 5.98. The summed E-state index contributed by atoms with van der Waals surface area (Å²) in [5.41, 5.74) is 3.78. The molecule has 0 aliphatic carbocycles. The van der Waals surface area contributed by atoms with E-state index in [0.717, 1.165) is 12.1 Å². The first-order valence-corrected chi connectivity index (χ1v) is 11.8. The fraction of sp³-hybridized carbons (Fsp3) is 0.346. The molecule has 0 saturated carbocycles. The third kappa shape index (κ3) is 6.65. The van der Waals surface area contributed by atoms with Crippen LogP contribution in [-0.4, -0.2) is 23.5 Å². The Hall–Kier alpha value is -3.19. The number of carbonyl (C=O) groups excluding carboxylic acids is 2. The molecule has 1 aromatic heterocycles. The lowest BCUT2D eigenvalue weighted by Crippen LogP contribution is -2.22. The van der Waals surface area contributed by atoms with Crippen LogP contribution in [0.3, 0.4) is 0 Å². The monoisotopic (exact) mass is 466 g/mol. The van der Waals surface area contributed by atoms with E-state index in [1.54, 1.807) is 10.3 Å². The predicted molar refractivity (Wildman–Crippen MR) is 131 cm³/mol. The highest BCUT2D eigenvalue weighted by atomic mass is 32.1. The minimum atomic E-state index is -0.483. The summed E-state index contributed by atoms with van der Waals surface area (Å²) in [6, 6.07) is 15.5. The zero-order chi connectivity index (χ0) is 24.0. The first-order valence-electron chi connectivity index (χ1n) is 10.9. The molecule has 33 heavy (non-hydrogen) atoms. The molecule has 1 amide bonds. The summed E-state index contributed by atoms with van der Waals surface area (Å²) in [4.78, 5) is 30.4. The van der Waals surface area contributed by atoms with E-state index in [-0.39, 0.29) is 24.5 Å². The number of thiazole rings is 1. The van der Waals surface area contributed by atoms with Crippen molar-refractivity contribution in [3.05, 3.63) is 70.7 Å². The van der Waals surface area contributed by atoms with Crippen molar-refractivity contribution in [2.45, 2.75) is 53.1 Å². The number of anilines is 2. The molecule has 174 valence electrons. The molecule has 7 heteroatoms. The molecule has 0 bridgehead atoms. The topological polar surface area (TPSA) is 68.7 Å². The number of benzene rings is 2. The number of hydrogen-bond acceptors (Lipinski definition) is 6. The van der Waals surface area contributed by atoms with Gasteiger partial charge in [0.25, 0.3) is 0 Å². The summed E-state index contributed by atoms with van der Waals surface area (Å²) in [6.45, 7) is 9.84. The van der Waals surface area contributed by atoms with Crippen LogP contribution in [0, 0.1) is 0 Å². The van der Waals surface area contributed by atoms with Crippen molar-refractivity contribution >= 4 is 34.0 Å². The minimum absolute atomic E-state index is 0.0160. The van der Waals surface area contributed by atoms with Crippen molar-refractivity contribution in [3.8, 4) is 5.75 Å². The number of aromatic nitrogens is 1. The van der Waals surface area contributed by atoms with Gasteiger partial charge in [-0.15, -0.1) is 11.3 Å². The second kappa shape index (κ2) is 10.6. The van der Waals surface area contributed by atoms with Crippen LogP contribution in [0.25, 0.3) is 0 Å². The smallest absolute Gasteiger partial charge is 0.344 e. The van der Waals surface area contributed by atoms with Crippen LogP contribution in [0.15, 0.2) is 53.9 Å². The van der Waals surface area contributed by atoms with Gasteiger partial charge in [-0.2, -0.15) is 0 Å². The van der Waals surface area contributed by atoms with Crippen LogP contribution in [0.2, 0.25) is 0 Å². The van der Waals surface area contributed by atoms with E-state index >= 15 is 0 Å². The molecule has 0 aliphatic rings. The van der Waals surface area contributed by atoms with Gasteiger partial charge in [0.1, 0.15) is 12.4 Å². The number of nitrogens with zero attached hydrogens (tertiary/aromatic N) is 2. The molecule has 0 atom stereocenters.